The predicted molar refractivity (Wildman–Crippen MR) is 138 cm³/mol. The standard InChI is InChI=1S/C29H23ClN2O2/c1-19-7-12-25(13-8-19)32-29(33)23(17-31)15-22-16-24(30)11-14-28(22)34-18-27-20(2)9-10-21-5-3-4-6-26(21)27/h3-16H,18H2,1-2H3,(H,32,33)/b23-15+. The molecule has 4 nitrogen and oxygen atoms in total. The molecule has 0 aromatic heterocycles. The Morgan fingerprint density at radius 2 is 1.79 bits per heavy atom. The van der Waals surface area contributed by atoms with Crippen LogP contribution in [0.5, 0.6) is 5.75 Å². The number of amides is 1. The molecule has 0 fully saturated rings. The molecule has 0 radical (unpaired) electrons. The fraction of sp³-hybridized carbons (Fsp3) is 0.103. The minimum absolute atomic E-state index is 0.0472. The molecule has 0 aliphatic carbocycles. The second-order valence-corrected chi connectivity index (χ2v) is 8.48. The molecule has 168 valence electrons. The van der Waals surface area contributed by atoms with Crippen molar-refractivity contribution in [2.75, 3.05) is 5.32 Å². The summed E-state index contributed by atoms with van der Waals surface area (Å²) in [6, 6.07) is 26.9. The van der Waals surface area contributed by atoms with Crippen molar-refractivity contribution in [2.45, 2.75) is 20.5 Å². The second-order valence-electron chi connectivity index (χ2n) is 8.04. The van der Waals surface area contributed by atoms with Crippen molar-refractivity contribution >= 4 is 40.0 Å². The number of nitriles is 1. The third kappa shape index (κ3) is 5.28. The zero-order valence-electron chi connectivity index (χ0n) is 18.9. The Balaban J connectivity index is 1.61. The number of fused-ring (bicyclic) bond motifs is 1. The Kier molecular flexibility index (Phi) is 6.96. The molecule has 4 aromatic rings. The first-order valence-corrected chi connectivity index (χ1v) is 11.2. The van der Waals surface area contributed by atoms with Crippen LogP contribution in [0.2, 0.25) is 5.02 Å². The van der Waals surface area contributed by atoms with Gasteiger partial charge in [0.2, 0.25) is 0 Å². The normalized spacial score (nSPS) is 11.2. The van der Waals surface area contributed by atoms with Crippen LogP contribution in [-0.2, 0) is 11.4 Å². The lowest BCUT2D eigenvalue weighted by Gasteiger charge is -2.14. The summed E-state index contributed by atoms with van der Waals surface area (Å²) in [6.45, 7) is 4.36. The van der Waals surface area contributed by atoms with Gasteiger partial charge in [-0.2, -0.15) is 5.26 Å². The number of hydrogen-bond acceptors (Lipinski definition) is 3. The second kappa shape index (κ2) is 10.2. The minimum atomic E-state index is -0.498. The molecule has 0 aliphatic rings. The van der Waals surface area contributed by atoms with E-state index in [-0.39, 0.29) is 5.57 Å². The van der Waals surface area contributed by atoms with Crippen LogP contribution in [0.1, 0.15) is 22.3 Å². The van der Waals surface area contributed by atoms with Gasteiger partial charge in [0.05, 0.1) is 0 Å². The topological polar surface area (TPSA) is 62.1 Å². The van der Waals surface area contributed by atoms with E-state index in [2.05, 4.69) is 36.5 Å². The van der Waals surface area contributed by atoms with Gasteiger partial charge in [-0.05, 0) is 66.6 Å². The number of anilines is 1. The van der Waals surface area contributed by atoms with Crippen molar-refractivity contribution in [3.63, 3.8) is 0 Å². The maximum absolute atomic E-state index is 12.7. The average Bonchev–Trinajstić information content (AvgIpc) is 2.84. The largest absolute Gasteiger partial charge is 0.488 e. The number of nitrogens with one attached hydrogen (secondary N) is 1. The van der Waals surface area contributed by atoms with Gasteiger partial charge in [0, 0.05) is 21.8 Å². The number of benzene rings is 4. The van der Waals surface area contributed by atoms with E-state index in [1.807, 2.05) is 37.3 Å². The summed E-state index contributed by atoms with van der Waals surface area (Å²) in [4.78, 5) is 12.7. The number of rotatable bonds is 6. The summed E-state index contributed by atoms with van der Waals surface area (Å²) in [5.74, 6) is 0.0368. The molecule has 0 atom stereocenters. The molecule has 1 amide bonds. The van der Waals surface area contributed by atoms with E-state index in [9.17, 15) is 10.1 Å². The zero-order valence-corrected chi connectivity index (χ0v) is 19.7. The summed E-state index contributed by atoms with van der Waals surface area (Å²) in [5.41, 5.74) is 4.41. The third-order valence-electron chi connectivity index (χ3n) is 5.59. The van der Waals surface area contributed by atoms with Crippen molar-refractivity contribution in [1.82, 2.24) is 0 Å². The average molecular weight is 467 g/mol. The fourth-order valence-electron chi connectivity index (χ4n) is 3.69. The molecule has 0 spiro atoms. The van der Waals surface area contributed by atoms with Gasteiger partial charge in [0.1, 0.15) is 24.0 Å². The molecular formula is C29H23ClN2O2. The summed E-state index contributed by atoms with van der Waals surface area (Å²) >= 11 is 6.22. The highest BCUT2D eigenvalue weighted by molar-refractivity contribution is 6.30. The first-order chi connectivity index (χ1) is 16.4. The van der Waals surface area contributed by atoms with E-state index in [1.54, 1.807) is 30.3 Å². The Morgan fingerprint density at radius 1 is 1.03 bits per heavy atom. The van der Waals surface area contributed by atoms with Gasteiger partial charge >= 0.3 is 0 Å². The van der Waals surface area contributed by atoms with Crippen molar-refractivity contribution in [3.05, 3.63) is 112 Å². The van der Waals surface area contributed by atoms with Crippen LogP contribution in [0.15, 0.2) is 84.4 Å². The van der Waals surface area contributed by atoms with Gasteiger partial charge in [-0.25, -0.2) is 0 Å². The monoisotopic (exact) mass is 466 g/mol. The van der Waals surface area contributed by atoms with Crippen molar-refractivity contribution in [1.29, 1.82) is 5.26 Å². The van der Waals surface area contributed by atoms with Crippen LogP contribution in [-0.4, -0.2) is 5.91 Å². The zero-order chi connectivity index (χ0) is 24.1. The summed E-state index contributed by atoms with van der Waals surface area (Å²) < 4.78 is 6.18. The minimum Gasteiger partial charge on any atom is -0.488 e. The fourth-order valence-corrected chi connectivity index (χ4v) is 3.87. The molecule has 4 rings (SSSR count). The first kappa shape index (κ1) is 23.1. The number of nitrogens with zero attached hydrogens (tertiary/aromatic N) is 1. The molecule has 1 N–H and O–H groups in total. The molecule has 0 unspecified atom stereocenters. The lowest BCUT2D eigenvalue weighted by molar-refractivity contribution is -0.112. The van der Waals surface area contributed by atoms with E-state index in [0.29, 0.717) is 28.6 Å². The van der Waals surface area contributed by atoms with Crippen molar-refractivity contribution in [3.8, 4) is 11.8 Å². The smallest absolute Gasteiger partial charge is 0.266 e. The number of hydrogen-bond donors (Lipinski definition) is 1. The van der Waals surface area contributed by atoms with Crippen LogP contribution in [0, 0.1) is 25.2 Å². The summed E-state index contributed by atoms with van der Waals surface area (Å²) in [7, 11) is 0. The lowest BCUT2D eigenvalue weighted by atomic mass is 10.0. The Hall–Kier alpha value is -4.07. The molecule has 34 heavy (non-hydrogen) atoms. The maximum Gasteiger partial charge on any atom is 0.266 e. The first-order valence-electron chi connectivity index (χ1n) is 10.8. The SMILES string of the molecule is Cc1ccc(NC(=O)/C(C#N)=C/c2cc(Cl)ccc2OCc2c(C)ccc3ccccc23)cc1. The van der Waals surface area contributed by atoms with E-state index in [0.717, 1.165) is 27.5 Å². The Morgan fingerprint density at radius 3 is 2.56 bits per heavy atom. The van der Waals surface area contributed by atoms with Gasteiger partial charge in [-0.15, -0.1) is 0 Å². The number of carbonyl (C=O) groups excluding carboxylic acids is 1. The third-order valence-corrected chi connectivity index (χ3v) is 5.83. The van der Waals surface area contributed by atoms with Gasteiger partial charge in [-0.3, -0.25) is 4.79 Å². The molecular weight excluding hydrogens is 444 g/mol. The molecule has 0 saturated carbocycles. The van der Waals surface area contributed by atoms with Crippen LogP contribution in [0.3, 0.4) is 0 Å². The molecule has 0 bridgehead atoms. The number of halogens is 1. The van der Waals surface area contributed by atoms with Crippen molar-refractivity contribution in [2.24, 2.45) is 0 Å². The van der Waals surface area contributed by atoms with Gasteiger partial charge < -0.3 is 10.1 Å². The van der Waals surface area contributed by atoms with Crippen LogP contribution < -0.4 is 10.1 Å². The Labute approximate surface area is 204 Å². The van der Waals surface area contributed by atoms with Gasteiger partial charge in [0.15, 0.2) is 0 Å². The maximum atomic E-state index is 12.7. The molecule has 0 aliphatic heterocycles. The van der Waals surface area contributed by atoms with E-state index in [1.165, 1.54) is 6.08 Å². The van der Waals surface area contributed by atoms with E-state index >= 15 is 0 Å². The van der Waals surface area contributed by atoms with E-state index in [4.69, 9.17) is 16.3 Å². The molecule has 4 aromatic carbocycles. The van der Waals surface area contributed by atoms with Crippen molar-refractivity contribution < 1.29 is 9.53 Å². The summed E-state index contributed by atoms with van der Waals surface area (Å²) in [5, 5.41) is 15.2. The predicted octanol–water partition coefficient (Wildman–Crippen LogP) is 7.23. The highest BCUT2D eigenvalue weighted by atomic mass is 35.5. The number of aryl methyl sites for hydroxylation is 2. The van der Waals surface area contributed by atoms with Crippen LogP contribution in [0.25, 0.3) is 16.8 Å². The molecule has 0 heterocycles. The molecule has 0 saturated heterocycles. The molecule has 5 heteroatoms. The Bertz CT molecular complexity index is 1430. The van der Waals surface area contributed by atoms with Crippen LogP contribution >= 0.6 is 11.6 Å². The lowest BCUT2D eigenvalue weighted by Crippen LogP contribution is -2.13. The number of ether oxygens (including phenoxy) is 1. The van der Waals surface area contributed by atoms with Crippen LogP contribution in [0.4, 0.5) is 5.69 Å². The number of carbonyl (C=O) groups is 1. The quantitative estimate of drug-likeness (QED) is 0.241. The van der Waals surface area contributed by atoms with Gasteiger partial charge in [0.25, 0.3) is 5.91 Å². The highest BCUT2D eigenvalue weighted by Crippen LogP contribution is 2.29. The van der Waals surface area contributed by atoms with E-state index < -0.39 is 5.91 Å². The highest BCUT2D eigenvalue weighted by Gasteiger charge is 2.13. The van der Waals surface area contributed by atoms with Gasteiger partial charge in [-0.1, -0.05) is 65.7 Å². The summed E-state index contributed by atoms with van der Waals surface area (Å²) in [6.07, 6.45) is 1.50.